The Labute approximate surface area is 82.5 Å². The number of hydrogen-bond acceptors (Lipinski definition) is 2. The molecule has 0 amide bonds. The Morgan fingerprint density at radius 1 is 1.54 bits per heavy atom. The SMILES string of the molecule is O=C(Cl)c1cnc(Cl)cc1C(F)F. The van der Waals surface area contributed by atoms with Crippen LogP contribution in [0.3, 0.4) is 0 Å². The van der Waals surface area contributed by atoms with E-state index < -0.39 is 17.2 Å². The Balaban J connectivity index is 3.26. The minimum absolute atomic E-state index is 0.100. The molecule has 0 saturated carbocycles. The van der Waals surface area contributed by atoms with Crippen LogP contribution in [-0.2, 0) is 0 Å². The van der Waals surface area contributed by atoms with Crippen LogP contribution in [0.5, 0.6) is 0 Å². The Hall–Kier alpha value is -0.740. The van der Waals surface area contributed by atoms with Gasteiger partial charge in [-0.3, -0.25) is 4.79 Å². The molecule has 0 unspecified atom stereocenters. The van der Waals surface area contributed by atoms with E-state index in [0.29, 0.717) is 0 Å². The second-order valence-corrected chi connectivity index (χ2v) is 2.90. The highest BCUT2D eigenvalue weighted by atomic mass is 35.5. The van der Waals surface area contributed by atoms with Crippen LogP contribution in [0.4, 0.5) is 8.78 Å². The number of carbonyl (C=O) groups is 1. The van der Waals surface area contributed by atoms with Gasteiger partial charge in [0.2, 0.25) is 0 Å². The van der Waals surface area contributed by atoms with E-state index in [2.05, 4.69) is 4.98 Å². The van der Waals surface area contributed by atoms with E-state index in [1.54, 1.807) is 0 Å². The lowest BCUT2D eigenvalue weighted by Gasteiger charge is -2.03. The quantitative estimate of drug-likeness (QED) is 0.572. The molecule has 13 heavy (non-hydrogen) atoms. The first-order valence-electron chi connectivity index (χ1n) is 3.16. The maximum atomic E-state index is 12.3. The van der Waals surface area contributed by atoms with Crippen molar-refractivity contribution in [3.05, 3.63) is 28.5 Å². The van der Waals surface area contributed by atoms with Crippen LogP contribution < -0.4 is 0 Å². The fourth-order valence-electron chi connectivity index (χ4n) is 0.789. The first-order valence-corrected chi connectivity index (χ1v) is 3.91. The van der Waals surface area contributed by atoms with Gasteiger partial charge in [-0.15, -0.1) is 0 Å². The van der Waals surface area contributed by atoms with E-state index in [4.69, 9.17) is 23.2 Å². The fourth-order valence-corrected chi connectivity index (χ4v) is 1.11. The van der Waals surface area contributed by atoms with E-state index in [1.165, 1.54) is 0 Å². The summed E-state index contributed by atoms with van der Waals surface area (Å²) in [6.07, 6.45) is -1.86. The lowest BCUT2D eigenvalue weighted by molar-refractivity contribution is 0.106. The zero-order chi connectivity index (χ0) is 10.0. The fraction of sp³-hybridized carbons (Fsp3) is 0.143. The highest BCUT2D eigenvalue weighted by Crippen LogP contribution is 2.25. The van der Waals surface area contributed by atoms with Crippen LogP contribution in [-0.4, -0.2) is 10.2 Å². The molecule has 0 fully saturated rings. The molecule has 2 nitrogen and oxygen atoms in total. The number of carbonyl (C=O) groups excluding carboxylic acids is 1. The van der Waals surface area contributed by atoms with E-state index in [-0.39, 0.29) is 10.7 Å². The molecule has 6 heteroatoms. The van der Waals surface area contributed by atoms with Gasteiger partial charge in [-0.2, -0.15) is 0 Å². The predicted molar refractivity (Wildman–Crippen MR) is 44.4 cm³/mol. The molecule has 0 N–H and O–H groups in total. The molecule has 0 bridgehead atoms. The first kappa shape index (κ1) is 10.3. The third kappa shape index (κ3) is 2.35. The molecule has 0 atom stereocenters. The zero-order valence-corrected chi connectivity index (χ0v) is 7.61. The average Bonchev–Trinajstić information content (AvgIpc) is 2.03. The van der Waals surface area contributed by atoms with Gasteiger partial charge < -0.3 is 0 Å². The number of aromatic nitrogens is 1. The van der Waals surface area contributed by atoms with E-state index in [1.807, 2.05) is 0 Å². The van der Waals surface area contributed by atoms with Gasteiger partial charge in [0.05, 0.1) is 5.56 Å². The summed E-state index contributed by atoms with van der Waals surface area (Å²) in [6, 6.07) is 0.918. The maximum Gasteiger partial charge on any atom is 0.264 e. The van der Waals surface area contributed by atoms with E-state index >= 15 is 0 Å². The molecule has 0 spiro atoms. The Morgan fingerprint density at radius 2 is 2.15 bits per heavy atom. The van der Waals surface area contributed by atoms with Crippen LogP contribution in [0.25, 0.3) is 0 Å². The summed E-state index contributed by atoms with van der Waals surface area (Å²) in [5.74, 6) is 0. The number of alkyl halides is 2. The molecule has 0 aliphatic heterocycles. The number of rotatable bonds is 2. The van der Waals surface area contributed by atoms with Crippen molar-refractivity contribution in [2.75, 3.05) is 0 Å². The van der Waals surface area contributed by atoms with Crippen molar-refractivity contribution in [1.82, 2.24) is 4.98 Å². The van der Waals surface area contributed by atoms with Gasteiger partial charge >= 0.3 is 0 Å². The first-order chi connectivity index (χ1) is 6.02. The standard InChI is InChI=1S/C7H3Cl2F2NO/c8-5-1-3(7(10)11)4(2-12-5)6(9)13/h1-2,7H. The van der Waals surface area contributed by atoms with Crippen LogP contribution in [0, 0.1) is 0 Å². The van der Waals surface area contributed by atoms with Crippen LogP contribution in [0.1, 0.15) is 22.3 Å². The summed E-state index contributed by atoms with van der Waals surface area (Å²) in [6.45, 7) is 0. The molecular formula is C7H3Cl2F2NO. The van der Waals surface area contributed by atoms with Crippen LogP contribution in [0.15, 0.2) is 12.3 Å². The Bertz CT molecular complexity index is 343. The highest BCUT2D eigenvalue weighted by molar-refractivity contribution is 6.67. The Kier molecular flexibility index (Phi) is 3.17. The lowest BCUT2D eigenvalue weighted by atomic mass is 10.1. The van der Waals surface area contributed by atoms with Crippen LogP contribution >= 0.6 is 23.2 Å². The summed E-state index contributed by atoms with van der Waals surface area (Å²) in [7, 11) is 0. The third-order valence-electron chi connectivity index (χ3n) is 1.35. The number of nitrogens with zero attached hydrogens (tertiary/aromatic N) is 1. The predicted octanol–water partition coefficient (Wildman–Crippen LogP) is 3.05. The normalized spacial score (nSPS) is 10.5. The summed E-state index contributed by atoms with van der Waals surface area (Å²) in [5.41, 5.74) is -0.818. The molecule has 1 aromatic heterocycles. The third-order valence-corrected chi connectivity index (χ3v) is 1.76. The minimum atomic E-state index is -2.79. The molecule has 0 radical (unpaired) electrons. The summed E-state index contributed by atoms with van der Waals surface area (Å²) in [5, 5.41) is -1.07. The summed E-state index contributed by atoms with van der Waals surface area (Å²) >= 11 is 10.4. The van der Waals surface area contributed by atoms with Gasteiger partial charge in [0.15, 0.2) is 0 Å². The Morgan fingerprint density at radius 3 is 2.62 bits per heavy atom. The number of pyridine rings is 1. The number of halogens is 4. The van der Waals surface area contributed by atoms with Gasteiger partial charge in [-0.1, -0.05) is 11.6 Å². The zero-order valence-electron chi connectivity index (χ0n) is 6.10. The van der Waals surface area contributed by atoms with Crippen molar-refractivity contribution in [2.45, 2.75) is 6.43 Å². The van der Waals surface area contributed by atoms with Crippen molar-refractivity contribution < 1.29 is 13.6 Å². The van der Waals surface area contributed by atoms with Gasteiger partial charge in [0, 0.05) is 11.8 Å². The second kappa shape index (κ2) is 3.98. The van der Waals surface area contributed by atoms with Crippen molar-refractivity contribution in [1.29, 1.82) is 0 Å². The van der Waals surface area contributed by atoms with E-state index in [0.717, 1.165) is 12.3 Å². The maximum absolute atomic E-state index is 12.3. The summed E-state index contributed by atoms with van der Waals surface area (Å²) < 4.78 is 24.5. The summed E-state index contributed by atoms with van der Waals surface area (Å²) in [4.78, 5) is 14.1. The van der Waals surface area contributed by atoms with Gasteiger partial charge in [-0.25, -0.2) is 13.8 Å². The van der Waals surface area contributed by atoms with Crippen molar-refractivity contribution in [2.24, 2.45) is 0 Å². The molecule has 1 heterocycles. The largest absolute Gasteiger partial charge is 0.276 e. The topological polar surface area (TPSA) is 30.0 Å². The van der Waals surface area contributed by atoms with Crippen molar-refractivity contribution >= 4 is 28.4 Å². The second-order valence-electron chi connectivity index (χ2n) is 2.17. The number of hydrogen-bond donors (Lipinski definition) is 0. The van der Waals surface area contributed by atoms with Crippen LogP contribution in [0.2, 0.25) is 5.15 Å². The highest BCUT2D eigenvalue weighted by Gasteiger charge is 2.17. The molecule has 0 aliphatic rings. The van der Waals surface area contributed by atoms with Gasteiger partial charge in [0.25, 0.3) is 11.7 Å². The van der Waals surface area contributed by atoms with Crippen molar-refractivity contribution in [3.8, 4) is 0 Å². The minimum Gasteiger partial charge on any atom is -0.276 e. The molecular weight excluding hydrogens is 223 g/mol. The molecule has 1 rings (SSSR count). The van der Waals surface area contributed by atoms with Crippen molar-refractivity contribution in [3.63, 3.8) is 0 Å². The van der Waals surface area contributed by atoms with E-state index in [9.17, 15) is 13.6 Å². The molecule has 0 aromatic carbocycles. The smallest absolute Gasteiger partial charge is 0.264 e. The van der Waals surface area contributed by atoms with Gasteiger partial charge in [-0.05, 0) is 17.7 Å². The van der Waals surface area contributed by atoms with Gasteiger partial charge in [0.1, 0.15) is 5.15 Å². The molecule has 0 saturated heterocycles. The molecule has 0 aliphatic carbocycles. The lowest BCUT2D eigenvalue weighted by Crippen LogP contribution is -1.99. The monoisotopic (exact) mass is 225 g/mol. The average molecular weight is 226 g/mol. The molecule has 70 valence electrons. The molecule has 1 aromatic rings.